The van der Waals surface area contributed by atoms with Crippen molar-refractivity contribution in [2.75, 3.05) is 57.3 Å². The van der Waals surface area contributed by atoms with Gasteiger partial charge in [0.15, 0.2) is 5.13 Å². The summed E-state index contributed by atoms with van der Waals surface area (Å²) in [6.07, 6.45) is 5.74. The third-order valence-electron chi connectivity index (χ3n) is 5.79. The predicted octanol–water partition coefficient (Wildman–Crippen LogP) is 1.72. The van der Waals surface area contributed by atoms with Crippen molar-refractivity contribution in [3.8, 4) is 0 Å². The number of fused-ring (bicyclic) bond motifs is 1. The Labute approximate surface area is 181 Å². The Morgan fingerprint density at radius 2 is 1.90 bits per heavy atom. The Hall–Kier alpha value is -2.26. The fourth-order valence-corrected chi connectivity index (χ4v) is 5.04. The fourth-order valence-electron chi connectivity index (χ4n) is 4.08. The molecule has 2 aliphatic rings. The second-order valence-corrected chi connectivity index (χ2v) is 8.90. The number of amides is 2. The number of aromatic nitrogens is 2. The molecule has 4 rings (SSSR count). The molecule has 30 heavy (non-hydrogen) atoms. The summed E-state index contributed by atoms with van der Waals surface area (Å²) in [5.41, 5.74) is 0.922. The number of likely N-dealkylation sites (tertiary alicyclic amines) is 1. The molecule has 0 aromatic carbocycles. The summed E-state index contributed by atoms with van der Waals surface area (Å²) in [6.45, 7) is 6.87. The van der Waals surface area contributed by atoms with Crippen LogP contribution in [0.15, 0.2) is 18.3 Å². The molecule has 0 saturated carbocycles. The minimum absolute atomic E-state index is 0.0269. The number of carbonyl (C=O) groups excluding carboxylic acids is 2. The van der Waals surface area contributed by atoms with Crippen molar-refractivity contribution in [2.45, 2.75) is 32.1 Å². The maximum Gasteiger partial charge on any atom is 0.223 e. The molecule has 2 aromatic heterocycles. The molecule has 2 amide bonds. The van der Waals surface area contributed by atoms with Gasteiger partial charge in [-0.3, -0.25) is 9.59 Å². The van der Waals surface area contributed by atoms with E-state index in [9.17, 15) is 9.59 Å². The van der Waals surface area contributed by atoms with Gasteiger partial charge >= 0.3 is 0 Å². The Balaban J connectivity index is 1.19. The molecule has 0 unspecified atom stereocenters. The number of rotatable bonds is 7. The van der Waals surface area contributed by atoms with Gasteiger partial charge in [-0.2, -0.15) is 0 Å². The monoisotopic (exact) mass is 430 g/mol. The Kier molecular flexibility index (Phi) is 7.11. The van der Waals surface area contributed by atoms with Gasteiger partial charge in [-0.25, -0.2) is 9.97 Å². The van der Waals surface area contributed by atoms with Crippen molar-refractivity contribution in [1.29, 1.82) is 0 Å². The van der Waals surface area contributed by atoms with E-state index in [0.29, 0.717) is 13.1 Å². The highest BCUT2D eigenvalue weighted by atomic mass is 32.1. The zero-order valence-electron chi connectivity index (χ0n) is 17.4. The molecular weight excluding hydrogens is 400 g/mol. The summed E-state index contributed by atoms with van der Waals surface area (Å²) in [7, 11) is 0. The van der Waals surface area contributed by atoms with Crippen LogP contribution in [0, 0.1) is 0 Å². The summed E-state index contributed by atoms with van der Waals surface area (Å²) in [6, 6.07) is 3.88. The molecule has 2 aliphatic heterocycles. The van der Waals surface area contributed by atoms with Crippen LogP contribution in [0.3, 0.4) is 0 Å². The third kappa shape index (κ3) is 5.46. The number of thiazole rings is 1. The predicted molar refractivity (Wildman–Crippen MR) is 119 cm³/mol. The van der Waals surface area contributed by atoms with Gasteiger partial charge in [0.05, 0.1) is 0 Å². The molecule has 2 aromatic rings. The van der Waals surface area contributed by atoms with E-state index in [1.165, 1.54) is 12.8 Å². The van der Waals surface area contributed by atoms with Crippen molar-refractivity contribution in [1.82, 2.24) is 25.1 Å². The lowest BCUT2D eigenvalue weighted by Gasteiger charge is -2.21. The lowest BCUT2D eigenvalue weighted by molar-refractivity contribution is -0.133. The van der Waals surface area contributed by atoms with E-state index in [1.807, 2.05) is 17.0 Å². The molecule has 0 aliphatic carbocycles. The summed E-state index contributed by atoms with van der Waals surface area (Å²) in [4.78, 5) is 41.2. The number of hydrogen-bond donors (Lipinski definition) is 1. The summed E-state index contributed by atoms with van der Waals surface area (Å²) < 4.78 is 0. The van der Waals surface area contributed by atoms with Gasteiger partial charge in [0.1, 0.15) is 10.3 Å². The SMILES string of the molecule is O=C(CCC(=O)N1CCCN(c2nc3cccnc3s2)CC1)NCCN1CCCC1. The van der Waals surface area contributed by atoms with Crippen LogP contribution in [0.4, 0.5) is 5.13 Å². The van der Waals surface area contributed by atoms with Gasteiger partial charge in [0, 0.05) is 58.3 Å². The first-order chi connectivity index (χ1) is 14.7. The van der Waals surface area contributed by atoms with E-state index in [4.69, 9.17) is 0 Å². The number of pyridine rings is 1. The molecule has 1 N–H and O–H groups in total. The van der Waals surface area contributed by atoms with Crippen LogP contribution < -0.4 is 10.2 Å². The van der Waals surface area contributed by atoms with Crippen LogP contribution in [0.2, 0.25) is 0 Å². The molecule has 2 fully saturated rings. The van der Waals surface area contributed by atoms with Crippen LogP contribution in [0.25, 0.3) is 10.3 Å². The van der Waals surface area contributed by atoms with E-state index < -0.39 is 0 Å². The standard InChI is InChI=1S/C21H30N6O2S/c28-18(22-9-14-25-10-1-2-11-25)6-7-19(29)26-12-4-13-27(16-15-26)21-24-17-5-3-8-23-20(17)30-21/h3,5,8H,1-2,4,6-7,9-16H2,(H,22,28). The molecule has 0 bridgehead atoms. The zero-order chi connectivity index (χ0) is 20.8. The minimum Gasteiger partial charge on any atom is -0.355 e. The average Bonchev–Trinajstić information content (AvgIpc) is 3.36. The Bertz CT molecular complexity index is 833. The highest BCUT2D eigenvalue weighted by Gasteiger charge is 2.22. The normalized spacial score (nSPS) is 18.0. The quantitative estimate of drug-likeness (QED) is 0.720. The number of nitrogens with zero attached hydrogens (tertiary/aromatic N) is 5. The number of anilines is 1. The minimum atomic E-state index is -0.0269. The molecule has 162 valence electrons. The summed E-state index contributed by atoms with van der Waals surface area (Å²) in [5, 5.41) is 3.92. The van der Waals surface area contributed by atoms with Gasteiger partial charge in [-0.15, -0.1) is 0 Å². The average molecular weight is 431 g/mol. The second kappa shape index (κ2) is 10.2. The highest BCUT2D eigenvalue weighted by molar-refractivity contribution is 7.21. The van der Waals surface area contributed by atoms with E-state index in [-0.39, 0.29) is 24.7 Å². The summed E-state index contributed by atoms with van der Waals surface area (Å²) in [5.74, 6) is 0.0403. The van der Waals surface area contributed by atoms with Crippen LogP contribution in [-0.2, 0) is 9.59 Å². The zero-order valence-corrected chi connectivity index (χ0v) is 18.2. The lowest BCUT2D eigenvalue weighted by Crippen LogP contribution is -2.37. The van der Waals surface area contributed by atoms with Crippen molar-refractivity contribution >= 4 is 38.6 Å². The maximum atomic E-state index is 12.6. The number of carbonyl (C=O) groups is 2. The van der Waals surface area contributed by atoms with Gasteiger partial charge in [-0.05, 0) is 44.5 Å². The first-order valence-corrected chi connectivity index (χ1v) is 11.7. The molecule has 4 heterocycles. The molecule has 0 radical (unpaired) electrons. The molecule has 0 atom stereocenters. The third-order valence-corrected chi connectivity index (χ3v) is 6.83. The summed E-state index contributed by atoms with van der Waals surface area (Å²) >= 11 is 1.60. The van der Waals surface area contributed by atoms with E-state index in [2.05, 4.69) is 25.1 Å². The van der Waals surface area contributed by atoms with Gasteiger partial charge in [0.25, 0.3) is 0 Å². The van der Waals surface area contributed by atoms with Crippen LogP contribution >= 0.6 is 11.3 Å². The lowest BCUT2D eigenvalue weighted by atomic mass is 10.2. The van der Waals surface area contributed by atoms with Crippen molar-refractivity contribution in [2.24, 2.45) is 0 Å². The molecule has 9 heteroatoms. The largest absolute Gasteiger partial charge is 0.355 e. The van der Waals surface area contributed by atoms with Crippen molar-refractivity contribution in [3.05, 3.63) is 18.3 Å². The van der Waals surface area contributed by atoms with E-state index >= 15 is 0 Å². The molecule has 8 nitrogen and oxygen atoms in total. The van der Waals surface area contributed by atoms with Crippen molar-refractivity contribution < 1.29 is 9.59 Å². The molecule has 2 saturated heterocycles. The van der Waals surface area contributed by atoms with Gasteiger partial charge < -0.3 is 20.0 Å². The van der Waals surface area contributed by atoms with E-state index in [0.717, 1.165) is 61.2 Å². The Morgan fingerprint density at radius 1 is 1.03 bits per heavy atom. The topological polar surface area (TPSA) is 81.7 Å². The number of nitrogens with one attached hydrogen (secondary N) is 1. The number of hydrogen-bond acceptors (Lipinski definition) is 7. The fraction of sp³-hybridized carbons (Fsp3) is 0.619. The van der Waals surface area contributed by atoms with Crippen LogP contribution in [-0.4, -0.2) is 83.9 Å². The van der Waals surface area contributed by atoms with Crippen LogP contribution in [0.5, 0.6) is 0 Å². The van der Waals surface area contributed by atoms with Crippen molar-refractivity contribution in [3.63, 3.8) is 0 Å². The maximum absolute atomic E-state index is 12.6. The van der Waals surface area contributed by atoms with Gasteiger partial charge in [-0.1, -0.05) is 11.3 Å². The van der Waals surface area contributed by atoms with Gasteiger partial charge in [0.2, 0.25) is 11.8 Å². The molecular formula is C21H30N6O2S. The van der Waals surface area contributed by atoms with Crippen LogP contribution in [0.1, 0.15) is 32.1 Å². The Morgan fingerprint density at radius 3 is 2.73 bits per heavy atom. The first kappa shape index (κ1) is 21.0. The first-order valence-electron chi connectivity index (χ1n) is 10.9. The molecule has 0 spiro atoms. The smallest absolute Gasteiger partial charge is 0.223 e. The second-order valence-electron chi connectivity index (χ2n) is 7.94. The highest BCUT2D eigenvalue weighted by Crippen LogP contribution is 2.27. The van der Waals surface area contributed by atoms with E-state index in [1.54, 1.807) is 17.5 Å².